The van der Waals surface area contributed by atoms with E-state index in [4.69, 9.17) is 15.7 Å². The zero-order valence-electron chi connectivity index (χ0n) is 18.7. The molecule has 8 nitrogen and oxygen atoms in total. The van der Waals surface area contributed by atoms with E-state index in [0.717, 1.165) is 12.1 Å². The van der Waals surface area contributed by atoms with Gasteiger partial charge in [-0.05, 0) is 60.2 Å². The largest absolute Gasteiger partial charge is 0.505 e. The molecule has 0 radical (unpaired) electrons. The quantitative estimate of drug-likeness (QED) is 0.277. The first kappa shape index (κ1) is 24.8. The van der Waals surface area contributed by atoms with Gasteiger partial charge in [0.1, 0.15) is 6.10 Å². The maximum atomic E-state index is 14.0. The molecule has 35 heavy (non-hydrogen) atoms. The van der Waals surface area contributed by atoms with Crippen molar-refractivity contribution in [1.82, 2.24) is 0 Å². The second kappa shape index (κ2) is 11.3. The Labute approximate surface area is 201 Å². The van der Waals surface area contributed by atoms with Gasteiger partial charge >= 0.3 is 6.09 Å². The van der Waals surface area contributed by atoms with Gasteiger partial charge in [-0.2, -0.15) is 5.26 Å². The molecule has 5 N–H and O–H groups in total. The van der Waals surface area contributed by atoms with Crippen LogP contribution in [0.25, 0.3) is 0 Å². The number of hydrogen-bond acceptors (Lipinski definition) is 6. The molecule has 0 heterocycles. The van der Waals surface area contributed by atoms with Crippen LogP contribution in [-0.4, -0.2) is 17.1 Å². The lowest BCUT2D eigenvalue weighted by Gasteiger charge is -2.23. The fraction of sp³-hybridized carbons (Fsp3) is 0.115. The molecule has 0 saturated heterocycles. The number of para-hydroxylation sites is 2. The van der Waals surface area contributed by atoms with Gasteiger partial charge in [-0.15, -0.1) is 0 Å². The van der Waals surface area contributed by atoms with E-state index in [0.29, 0.717) is 22.6 Å². The summed E-state index contributed by atoms with van der Waals surface area (Å²) in [6.45, 7) is 1.69. The lowest BCUT2D eigenvalue weighted by molar-refractivity contribution is -0.111. The minimum absolute atomic E-state index is 0.278. The number of nitrogens with two attached hydrogens (primary N) is 1. The van der Waals surface area contributed by atoms with E-state index < -0.39 is 35.6 Å². The van der Waals surface area contributed by atoms with Gasteiger partial charge in [0.15, 0.2) is 11.6 Å². The molecular formula is C26H23FN4O4. The van der Waals surface area contributed by atoms with Gasteiger partial charge in [0.25, 0.3) is 0 Å². The number of ether oxygens (including phenoxy) is 1. The van der Waals surface area contributed by atoms with Crippen molar-refractivity contribution >= 4 is 29.1 Å². The monoisotopic (exact) mass is 474 g/mol. The second-order valence-corrected chi connectivity index (χ2v) is 7.65. The van der Waals surface area contributed by atoms with Crippen molar-refractivity contribution in [1.29, 1.82) is 5.26 Å². The smallest absolute Gasteiger partial charge is 0.412 e. The number of phenols is 1. The predicted octanol–water partition coefficient (Wildman–Crippen LogP) is 5.11. The Kier molecular flexibility index (Phi) is 8.03. The number of hydrogen-bond donors (Lipinski definition) is 4. The Hall–Kier alpha value is -4.84. The maximum Gasteiger partial charge on any atom is 0.412 e. The van der Waals surface area contributed by atoms with Crippen molar-refractivity contribution in [3.8, 4) is 11.8 Å². The van der Waals surface area contributed by atoms with E-state index in [1.54, 1.807) is 31.2 Å². The third-order valence-electron chi connectivity index (χ3n) is 5.04. The highest BCUT2D eigenvalue weighted by Crippen LogP contribution is 2.30. The van der Waals surface area contributed by atoms with Gasteiger partial charge < -0.3 is 20.9 Å². The molecule has 0 spiro atoms. The molecule has 0 bridgehead atoms. The van der Waals surface area contributed by atoms with Crippen molar-refractivity contribution in [2.24, 2.45) is 5.92 Å². The lowest BCUT2D eigenvalue weighted by Crippen LogP contribution is -2.21. The Morgan fingerprint density at radius 3 is 2.49 bits per heavy atom. The number of nitrogen functional groups attached to an aromatic ring is 1. The van der Waals surface area contributed by atoms with Crippen LogP contribution in [0.3, 0.4) is 0 Å². The third-order valence-corrected chi connectivity index (χ3v) is 5.04. The standard InChI is InChI=1S/C26H23FN4O4/c1-16(6-13-24(33)31-22-5-3-2-4-21(22)29)25(18-9-12-23(32)20(27)14-18)35-26(34)30-19-10-7-17(15-28)8-11-19/h2-14,16,25,32H,29H2,1H3,(H,30,34)(H,31,33)/b13-6+/t16-,25+/m1/s1. The van der Waals surface area contributed by atoms with Crippen LogP contribution in [0, 0.1) is 23.1 Å². The van der Waals surface area contributed by atoms with Crippen molar-refractivity contribution in [3.63, 3.8) is 0 Å². The minimum Gasteiger partial charge on any atom is -0.505 e. The average molecular weight is 474 g/mol. The summed E-state index contributed by atoms with van der Waals surface area (Å²) in [5.41, 5.74) is 7.79. The fourth-order valence-electron chi connectivity index (χ4n) is 3.20. The number of halogens is 1. The number of anilines is 3. The average Bonchev–Trinajstić information content (AvgIpc) is 2.85. The first-order chi connectivity index (χ1) is 16.8. The van der Waals surface area contributed by atoms with Gasteiger partial charge in [-0.3, -0.25) is 10.1 Å². The van der Waals surface area contributed by atoms with Gasteiger partial charge in [0.2, 0.25) is 5.91 Å². The molecule has 0 aliphatic heterocycles. The molecule has 0 aliphatic rings. The van der Waals surface area contributed by atoms with Crippen LogP contribution in [0.2, 0.25) is 0 Å². The first-order valence-electron chi connectivity index (χ1n) is 10.6. The Morgan fingerprint density at radius 2 is 1.83 bits per heavy atom. The zero-order valence-corrected chi connectivity index (χ0v) is 18.7. The molecule has 2 amide bonds. The zero-order chi connectivity index (χ0) is 25.4. The molecule has 178 valence electrons. The van der Waals surface area contributed by atoms with Gasteiger partial charge in [-0.1, -0.05) is 31.2 Å². The normalized spacial score (nSPS) is 12.4. The molecule has 0 fully saturated rings. The van der Waals surface area contributed by atoms with Gasteiger partial charge in [0.05, 0.1) is 23.0 Å². The van der Waals surface area contributed by atoms with E-state index in [-0.39, 0.29) is 5.56 Å². The molecule has 3 aromatic rings. The SMILES string of the molecule is C[C@H](/C=C/C(=O)Nc1ccccc1N)[C@H](OC(=O)Nc1ccc(C#N)cc1)c1ccc(O)c(F)c1. The van der Waals surface area contributed by atoms with Crippen LogP contribution in [-0.2, 0) is 9.53 Å². The number of nitrogens with one attached hydrogen (secondary N) is 2. The number of rotatable bonds is 7. The molecule has 2 atom stereocenters. The number of nitrogens with zero attached hydrogens (tertiary/aromatic N) is 1. The third kappa shape index (κ3) is 6.82. The van der Waals surface area contributed by atoms with Gasteiger partial charge in [0, 0.05) is 11.6 Å². The van der Waals surface area contributed by atoms with Crippen molar-refractivity contribution in [2.75, 3.05) is 16.4 Å². The van der Waals surface area contributed by atoms with E-state index >= 15 is 0 Å². The summed E-state index contributed by atoms with van der Waals surface area (Å²) in [5.74, 6) is -2.44. The van der Waals surface area contributed by atoms with Crippen molar-refractivity contribution < 1.29 is 23.8 Å². The van der Waals surface area contributed by atoms with Crippen molar-refractivity contribution in [2.45, 2.75) is 13.0 Å². The van der Waals surface area contributed by atoms with Crippen LogP contribution in [0.4, 0.5) is 26.2 Å². The number of amides is 2. The first-order valence-corrected chi connectivity index (χ1v) is 10.6. The van der Waals surface area contributed by atoms with Crippen LogP contribution >= 0.6 is 0 Å². The highest BCUT2D eigenvalue weighted by molar-refractivity contribution is 6.01. The van der Waals surface area contributed by atoms with Gasteiger partial charge in [-0.25, -0.2) is 9.18 Å². The highest BCUT2D eigenvalue weighted by Gasteiger charge is 2.24. The van der Waals surface area contributed by atoms with E-state index in [2.05, 4.69) is 10.6 Å². The molecular weight excluding hydrogens is 451 g/mol. The number of phenolic OH excluding ortho intramolecular Hbond substituents is 1. The number of carbonyl (C=O) groups excluding carboxylic acids is 2. The minimum atomic E-state index is -0.991. The van der Waals surface area contributed by atoms with Crippen LogP contribution in [0.15, 0.2) is 78.9 Å². The Bertz CT molecular complexity index is 1290. The molecule has 0 unspecified atom stereocenters. The van der Waals surface area contributed by atoms with Crippen LogP contribution in [0.1, 0.15) is 24.2 Å². The lowest BCUT2D eigenvalue weighted by atomic mass is 9.96. The molecule has 3 rings (SSSR count). The topological polar surface area (TPSA) is 137 Å². The summed E-state index contributed by atoms with van der Waals surface area (Å²) >= 11 is 0. The molecule has 3 aromatic carbocycles. The molecule has 0 saturated carbocycles. The van der Waals surface area contributed by atoms with Crippen LogP contribution < -0.4 is 16.4 Å². The molecule has 0 aromatic heterocycles. The number of nitriles is 1. The maximum absolute atomic E-state index is 14.0. The van der Waals surface area contributed by atoms with Crippen molar-refractivity contribution in [3.05, 3.63) is 95.8 Å². The van der Waals surface area contributed by atoms with Crippen LogP contribution in [0.5, 0.6) is 5.75 Å². The molecule has 0 aliphatic carbocycles. The highest BCUT2D eigenvalue weighted by atomic mass is 19.1. The van der Waals surface area contributed by atoms with E-state index in [1.165, 1.54) is 42.5 Å². The summed E-state index contributed by atoms with van der Waals surface area (Å²) in [4.78, 5) is 24.9. The number of benzene rings is 3. The van der Waals surface area contributed by atoms with E-state index in [9.17, 15) is 19.1 Å². The number of carbonyl (C=O) groups is 2. The Morgan fingerprint density at radius 1 is 1.11 bits per heavy atom. The number of aromatic hydroxyl groups is 1. The fourth-order valence-corrected chi connectivity index (χ4v) is 3.20. The summed E-state index contributed by atoms with van der Waals surface area (Å²) in [6.07, 6.45) is 0.964. The Balaban J connectivity index is 1.76. The second-order valence-electron chi connectivity index (χ2n) is 7.65. The molecule has 9 heteroatoms. The summed E-state index contributed by atoms with van der Waals surface area (Å²) in [5, 5.41) is 23.6. The van der Waals surface area contributed by atoms with E-state index in [1.807, 2.05) is 6.07 Å². The predicted molar refractivity (Wildman–Crippen MR) is 130 cm³/mol. The summed E-state index contributed by atoms with van der Waals surface area (Å²) in [7, 11) is 0. The summed E-state index contributed by atoms with van der Waals surface area (Å²) in [6, 6.07) is 18.5. The summed E-state index contributed by atoms with van der Waals surface area (Å²) < 4.78 is 19.6.